The van der Waals surface area contributed by atoms with Crippen LogP contribution in [-0.4, -0.2) is 19.2 Å². The molecule has 0 bridgehead atoms. The van der Waals surface area contributed by atoms with E-state index in [1.807, 2.05) is 0 Å². The van der Waals surface area contributed by atoms with E-state index in [0.29, 0.717) is 4.83 Å². The van der Waals surface area contributed by atoms with Gasteiger partial charge in [0, 0.05) is 0 Å². The average molecular weight is 247 g/mol. The van der Waals surface area contributed by atoms with Crippen LogP contribution in [0.3, 0.4) is 0 Å². The molecule has 12 heavy (non-hydrogen) atoms. The van der Waals surface area contributed by atoms with Crippen LogP contribution >= 0.6 is 15.9 Å². The van der Waals surface area contributed by atoms with E-state index in [1.54, 1.807) is 0 Å². The van der Waals surface area contributed by atoms with Crippen LogP contribution in [0.25, 0.3) is 0 Å². The Bertz CT molecular complexity index is 191. The van der Waals surface area contributed by atoms with Gasteiger partial charge >= 0.3 is 0 Å². The molecular formula is C9H15BrOSi. The second-order valence-corrected chi connectivity index (χ2v) is 9.43. The Kier molecular flexibility index (Phi) is 3.32. The van der Waals surface area contributed by atoms with Crippen LogP contribution in [0.2, 0.25) is 19.6 Å². The molecule has 0 atom stereocenters. The lowest BCUT2D eigenvalue weighted by Crippen LogP contribution is -2.30. The zero-order valence-corrected chi connectivity index (χ0v) is 10.3. The molecular weight excluding hydrogens is 232 g/mol. The SMILES string of the molecule is C[Si](C)(C)OC1C=CC(Br)C=C1. The summed E-state index contributed by atoms with van der Waals surface area (Å²) in [6.45, 7) is 6.61. The Morgan fingerprint density at radius 2 is 1.58 bits per heavy atom. The first-order valence-corrected chi connectivity index (χ1v) is 8.48. The minimum absolute atomic E-state index is 0.200. The van der Waals surface area contributed by atoms with Gasteiger partial charge in [0.15, 0.2) is 8.32 Å². The van der Waals surface area contributed by atoms with Gasteiger partial charge < -0.3 is 4.43 Å². The standard InChI is InChI=1S/C9H15BrOSi/c1-12(2,3)11-9-6-4-8(10)5-7-9/h4-9H,1-3H3. The number of hydrogen-bond acceptors (Lipinski definition) is 1. The maximum atomic E-state index is 5.87. The molecule has 3 heteroatoms. The number of alkyl halides is 1. The van der Waals surface area contributed by atoms with E-state index in [-0.39, 0.29) is 6.10 Å². The number of rotatable bonds is 2. The van der Waals surface area contributed by atoms with E-state index < -0.39 is 8.32 Å². The monoisotopic (exact) mass is 246 g/mol. The van der Waals surface area contributed by atoms with E-state index in [4.69, 9.17) is 4.43 Å². The number of halogens is 1. The molecule has 0 unspecified atom stereocenters. The lowest BCUT2D eigenvalue weighted by molar-refractivity contribution is 0.288. The second kappa shape index (κ2) is 3.90. The fourth-order valence-electron chi connectivity index (χ4n) is 1.05. The molecule has 0 N–H and O–H groups in total. The smallest absolute Gasteiger partial charge is 0.184 e. The van der Waals surface area contributed by atoms with Gasteiger partial charge in [0.05, 0.1) is 10.9 Å². The summed E-state index contributed by atoms with van der Waals surface area (Å²) in [5.74, 6) is 0. The van der Waals surface area contributed by atoms with Crippen molar-refractivity contribution in [3.63, 3.8) is 0 Å². The van der Waals surface area contributed by atoms with Gasteiger partial charge in [-0.25, -0.2) is 0 Å². The third-order valence-corrected chi connectivity index (χ3v) is 3.05. The number of hydrogen-bond donors (Lipinski definition) is 0. The van der Waals surface area contributed by atoms with Crippen LogP contribution in [0.15, 0.2) is 24.3 Å². The fraction of sp³-hybridized carbons (Fsp3) is 0.556. The normalized spacial score (nSPS) is 29.3. The Morgan fingerprint density at radius 3 is 2.00 bits per heavy atom. The average Bonchev–Trinajstić information content (AvgIpc) is 1.91. The maximum Gasteiger partial charge on any atom is 0.184 e. The molecule has 1 nitrogen and oxygen atoms in total. The van der Waals surface area contributed by atoms with Crippen molar-refractivity contribution in [2.75, 3.05) is 0 Å². The summed E-state index contributed by atoms with van der Waals surface area (Å²) >= 11 is 3.48. The van der Waals surface area contributed by atoms with Crippen LogP contribution in [0.5, 0.6) is 0 Å². The zero-order valence-electron chi connectivity index (χ0n) is 7.75. The zero-order chi connectivity index (χ0) is 9.19. The van der Waals surface area contributed by atoms with Gasteiger partial charge in [0.1, 0.15) is 0 Å². The summed E-state index contributed by atoms with van der Waals surface area (Å²) < 4.78 is 5.87. The van der Waals surface area contributed by atoms with Gasteiger partial charge in [-0.3, -0.25) is 0 Å². The molecule has 0 aromatic carbocycles. The van der Waals surface area contributed by atoms with E-state index in [9.17, 15) is 0 Å². The molecule has 0 aromatic heterocycles. The van der Waals surface area contributed by atoms with Crippen molar-refractivity contribution in [1.29, 1.82) is 0 Å². The molecule has 0 radical (unpaired) electrons. The largest absolute Gasteiger partial charge is 0.408 e. The molecule has 0 spiro atoms. The van der Waals surface area contributed by atoms with Gasteiger partial charge in [0.25, 0.3) is 0 Å². The topological polar surface area (TPSA) is 9.23 Å². The predicted molar refractivity (Wildman–Crippen MR) is 59.2 cm³/mol. The highest BCUT2D eigenvalue weighted by Gasteiger charge is 2.19. The van der Waals surface area contributed by atoms with E-state index in [1.165, 1.54) is 0 Å². The van der Waals surface area contributed by atoms with Gasteiger partial charge in [-0.05, 0) is 19.6 Å². The molecule has 0 saturated heterocycles. The molecule has 1 aliphatic carbocycles. The third-order valence-electron chi connectivity index (χ3n) is 1.46. The van der Waals surface area contributed by atoms with Gasteiger partial charge in [-0.2, -0.15) is 0 Å². The summed E-state index contributed by atoms with van der Waals surface area (Å²) in [6, 6.07) is 0. The first-order chi connectivity index (χ1) is 5.47. The number of allylic oxidation sites excluding steroid dienone is 2. The molecule has 0 saturated carbocycles. The summed E-state index contributed by atoms with van der Waals surface area (Å²) in [4.78, 5) is 0.388. The first-order valence-electron chi connectivity index (χ1n) is 4.16. The first kappa shape index (κ1) is 10.2. The van der Waals surface area contributed by atoms with E-state index in [2.05, 4.69) is 59.9 Å². The quantitative estimate of drug-likeness (QED) is 0.414. The van der Waals surface area contributed by atoms with Crippen LogP contribution in [0.1, 0.15) is 0 Å². The second-order valence-electron chi connectivity index (χ2n) is 3.91. The highest BCUT2D eigenvalue weighted by atomic mass is 79.9. The Morgan fingerprint density at radius 1 is 1.08 bits per heavy atom. The highest BCUT2D eigenvalue weighted by molar-refractivity contribution is 9.09. The maximum absolute atomic E-state index is 5.87. The van der Waals surface area contributed by atoms with Crippen molar-refractivity contribution in [2.45, 2.75) is 30.6 Å². The summed E-state index contributed by atoms with van der Waals surface area (Å²) in [6.07, 6.45) is 8.65. The van der Waals surface area contributed by atoms with Crippen LogP contribution < -0.4 is 0 Å². The Hall–Kier alpha value is 0.137. The minimum Gasteiger partial charge on any atom is -0.408 e. The van der Waals surface area contributed by atoms with Crippen LogP contribution in [0, 0.1) is 0 Å². The molecule has 0 amide bonds. The molecule has 0 aromatic rings. The molecule has 1 aliphatic rings. The third kappa shape index (κ3) is 3.69. The molecule has 0 heterocycles. The molecule has 0 aliphatic heterocycles. The molecule has 68 valence electrons. The summed E-state index contributed by atoms with van der Waals surface area (Å²) in [5.41, 5.74) is 0. The summed E-state index contributed by atoms with van der Waals surface area (Å²) in [7, 11) is -1.38. The van der Waals surface area contributed by atoms with Crippen molar-refractivity contribution in [3.05, 3.63) is 24.3 Å². The van der Waals surface area contributed by atoms with Crippen molar-refractivity contribution in [2.24, 2.45) is 0 Å². The lowest BCUT2D eigenvalue weighted by Gasteiger charge is -2.23. The van der Waals surface area contributed by atoms with Gasteiger partial charge in [0.2, 0.25) is 0 Å². The van der Waals surface area contributed by atoms with Gasteiger partial charge in [-0.15, -0.1) is 0 Å². The van der Waals surface area contributed by atoms with E-state index >= 15 is 0 Å². The molecule has 0 fully saturated rings. The molecule has 1 rings (SSSR count). The minimum atomic E-state index is -1.38. The van der Waals surface area contributed by atoms with E-state index in [0.717, 1.165) is 0 Å². The fourth-order valence-corrected chi connectivity index (χ4v) is 2.37. The van der Waals surface area contributed by atoms with Crippen molar-refractivity contribution in [3.8, 4) is 0 Å². The van der Waals surface area contributed by atoms with Crippen molar-refractivity contribution < 1.29 is 4.43 Å². The lowest BCUT2D eigenvalue weighted by atomic mass is 10.2. The predicted octanol–water partition coefficient (Wildman–Crippen LogP) is 3.10. The van der Waals surface area contributed by atoms with Crippen molar-refractivity contribution in [1.82, 2.24) is 0 Å². The van der Waals surface area contributed by atoms with Crippen LogP contribution in [0.4, 0.5) is 0 Å². The van der Waals surface area contributed by atoms with Crippen molar-refractivity contribution >= 4 is 24.2 Å². The Labute approximate surface area is 83.8 Å². The van der Waals surface area contributed by atoms with Crippen LogP contribution in [-0.2, 0) is 4.43 Å². The highest BCUT2D eigenvalue weighted by Crippen LogP contribution is 2.16. The Balaban J connectivity index is 2.47. The van der Waals surface area contributed by atoms with Gasteiger partial charge in [-0.1, -0.05) is 40.2 Å². The summed E-state index contributed by atoms with van der Waals surface area (Å²) in [5, 5.41) is 0.